The summed E-state index contributed by atoms with van der Waals surface area (Å²) in [4.78, 5) is 2.18. The molecule has 0 aromatic heterocycles. The maximum atomic E-state index is 12.8. The fraction of sp³-hybridized carbons (Fsp3) is 0.667. The molecule has 1 unspecified atom stereocenters. The lowest BCUT2D eigenvalue weighted by molar-refractivity contribution is 0.0354. The van der Waals surface area contributed by atoms with Crippen LogP contribution in [0, 0.1) is 0 Å². The third kappa shape index (κ3) is 5.74. The standard InChI is InChI=1S/C18H29N3O5S2/c1-27(22,23)21(10-9-19-11-13-26-14-12-19)18-7-8-20(15-18)28(24,25)16-17-5-3-2-4-6-17/h2-6,18H,7-16H2,1H3. The summed E-state index contributed by atoms with van der Waals surface area (Å²) in [5, 5.41) is 0. The van der Waals surface area contributed by atoms with E-state index >= 15 is 0 Å². The number of morpholine rings is 1. The summed E-state index contributed by atoms with van der Waals surface area (Å²) in [7, 11) is -6.90. The van der Waals surface area contributed by atoms with Crippen LogP contribution in [-0.4, -0.2) is 95.1 Å². The van der Waals surface area contributed by atoms with E-state index < -0.39 is 20.0 Å². The molecule has 2 fully saturated rings. The van der Waals surface area contributed by atoms with E-state index in [0.29, 0.717) is 39.3 Å². The van der Waals surface area contributed by atoms with Gasteiger partial charge in [0.05, 0.1) is 25.2 Å². The van der Waals surface area contributed by atoms with Gasteiger partial charge < -0.3 is 4.74 Å². The van der Waals surface area contributed by atoms with E-state index in [2.05, 4.69) is 4.90 Å². The van der Waals surface area contributed by atoms with E-state index in [9.17, 15) is 16.8 Å². The minimum atomic E-state index is -3.48. The van der Waals surface area contributed by atoms with Crippen LogP contribution in [0.25, 0.3) is 0 Å². The molecule has 0 amide bonds. The summed E-state index contributed by atoms with van der Waals surface area (Å²) in [6.07, 6.45) is 1.72. The Balaban J connectivity index is 1.63. The monoisotopic (exact) mass is 431 g/mol. The van der Waals surface area contributed by atoms with Gasteiger partial charge in [-0.15, -0.1) is 0 Å². The first-order chi connectivity index (χ1) is 13.3. The van der Waals surface area contributed by atoms with E-state index in [1.807, 2.05) is 18.2 Å². The quantitative estimate of drug-likeness (QED) is 0.584. The number of nitrogens with zero attached hydrogens (tertiary/aromatic N) is 3. The molecule has 0 radical (unpaired) electrons. The molecule has 0 spiro atoms. The number of rotatable bonds is 8. The first-order valence-corrected chi connectivity index (χ1v) is 13.0. The van der Waals surface area contributed by atoms with Crippen LogP contribution in [0.15, 0.2) is 30.3 Å². The number of ether oxygens (including phenoxy) is 1. The molecule has 1 aromatic carbocycles. The third-order valence-electron chi connectivity index (χ3n) is 5.28. The number of benzene rings is 1. The number of hydrogen-bond donors (Lipinski definition) is 0. The molecule has 28 heavy (non-hydrogen) atoms. The van der Waals surface area contributed by atoms with Gasteiger partial charge in [-0.3, -0.25) is 4.90 Å². The summed E-state index contributed by atoms with van der Waals surface area (Å²) >= 11 is 0. The highest BCUT2D eigenvalue weighted by molar-refractivity contribution is 7.88. The van der Waals surface area contributed by atoms with E-state index in [1.54, 1.807) is 12.1 Å². The number of hydrogen-bond acceptors (Lipinski definition) is 6. The van der Waals surface area contributed by atoms with Gasteiger partial charge in [0.15, 0.2) is 0 Å². The largest absolute Gasteiger partial charge is 0.379 e. The predicted octanol–water partition coefficient (Wildman–Crippen LogP) is 0.185. The van der Waals surface area contributed by atoms with Crippen molar-refractivity contribution in [2.45, 2.75) is 18.2 Å². The molecule has 3 rings (SSSR count). The summed E-state index contributed by atoms with van der Waals surface area (Å²) in [6.45, 7) is 4.47. The van der Waals surface area contributed by atoms with Gasteiger partial charge in [-0.1, -0.05) is 30.3 Å². The zero-order valence-electron chi connectivity index (χ0n) is 16.2. The van der Waals surface area contributed by atoms with Gasteiger partial charge in [-0.25, -0.2) is 16.8 Å². The molecule has 2 heterocycles. The van der Waals surface area contributed by atoms with Crippen molar-refractivity contribution in [1.82, 2.24) is 13.5 Å². The lowest BCUT2D eigenvalue weighted by Gasteiger charge is -2.31. The average Bonchev–Trinajstić information content (AvgIpc) is 3.13. The Bertz CT molecular complexity index is 839. The lowest BCUT2D eigenvalue weighted by atomic mass is 10.2. The van der Waals surface area contributed by atoms with E-state index in [-0.39, 0.29) is 18.3 Å². The van der Waals surface area contributed by atoms with Crippen LogP contribution in [-0.2, 0) is 30.5 Å². The molecule has 2 saturated heterocycles. The van der Waals surface area contributed by atoms with Gasteiger partial charge in [0.25, 0.3) is 0 Å². The summed E-state index contributed by atoms with van der Waals surface area (Å²) in [6, 6.07) is 8.73. The van der Waals surface area contributed by atoms with E-state index in [0.717, 1.165) is 18.7 Å². The molecular weight excluding hydrogens is 402 g/mol. The molecule has 0 N–H and O–H groups in total. The fourth-order valence-electron chi connectivity index (χ4n) is 3.76. The zero-order valence-corrected chi connectivity index (χ0v) is 17.9. The molecule has 1 aromatic rings. The SMILES string of the molecule is CS(=O)(=O)N(CCN1CCOCC1)C1CCN(S(=O)(=O)Cc2ccccc2)C1. The van der Waals surface area contributed by atoms with Crippen LogP contribution in [0.3, 0.4) is 0 Å². The Kier molecular flexibility index (Phi) is 7.11. The summed E-state index contributed by atoms with van der Waals surface area (Å²) < 4.78 is 58.5. The van der Waals surface area contributed by atoms with Crippen molar-refractivity contribution in [2.75, 3.05) is 58.7 Å². The molecule has 0 saturated carbocycles. The summed E-state index contributed by atoms with van der Waals surface area (Å²) in [5.74, 6) is -0.0623. The molecule has 8 nitrogen and oxygen atoms in total. The van der Waals surface area contributed by atoms with E-state index in [4.69, 9.17) is 4.74 Å². The second kappa shape index (κ2) is 9.19. The molecular formula is C18H29N3O5S2. The molecule has 2 aliphatic heterocycles. The second-order valence-corrected chi connectivity index (χ2v) is 11.3. The Morgan fingerprint density at radius 2 is 1.75 bits per heavy atom. The van der Waals surface area contributed by atoms with Gasteiger partial charge in [-0.2, -0.15) is 8.61 Å². The van der Waals surface area contributed by atoms with Crippen molar-refractivity contribution >= 4 is 20.0 Å². The Morgan fingerprint density at radius 1 is 1.07 bits per heavy atom. The van der Waals surface area contributed by atoms with Gasteiger partial charge in [0.1, 0.15) is 0 Å². The Morgan fingerprint density at radius 3 is 2.39 bits per heavy atom. The minimum Gasteiger partial charge on any atom is -0.379 e. The zero-order chi connectivity index (χ0) is 20.2. The van der Waals surface area contributed by atoms with Gasteiger partial charge in [-0.05, 0) is 12.0 Å². The fourth-order valence-corrected chi connectivity index (χ4v) is 6.46. The first kappa shape index (κ1) is 21.7. The molecule has 0 bridgehead atoms. The lowest BCUT2D eigenvalue weighted by Crippen LogP contribution is -2.47. The van der Waals surface area contributed by atoms with Crippen molar-refractivity contribution < 1.29 is 21.6 Å². The van der Waals surface area contributed by atoms with Gasteiger partial charge in [0, 0.05) is 45.3 Å². The van der Waals surface area contributed by atoms with Gasteiger partial charge >= 0.3 is 0 Å². The van der Waals surface area contributed by atoms with Crippen molar-refractivity contribution in [1.29, 1.82) is 0 Å². The molecule has 158 valence electrons. The maximum Gasteiger partial charge on any atom is 0.218 e. The van der Waals surface area contributed by atoms with Crippen molar-refractivity contribution in [3.05, 3.63) is 35.9 Å². The van der Waals surface area contributed by atoms with Crippen LogP contribution in [0.2, 0.25) is 0 Å². The van der Waals surface area contributed by atoms with Gasteiger partial charge in [0.2, 0.25) is 20.0 Å². The van der Waals surface area contributed by atoms with Crippen molar-refractivity contribution in [3.8, 4) is 0 Å². The minimum absolute atomic E-state index is 0.0623. The van der Waals surface area contributed by atoms with Crippen molar-refractivity contribution in [3.63, 3.8) is 0 Å². The van der Waals surface area contributed by atoms with Crippen LogP contribution in [0.5, 0.6) is 0 Å². The Labute approximate surface area is 168 Å². The summed E-state index contributed by atoms with van der Waals surface area (Å²) in [5.41, 5.74) is 0.734. The average molecular weight is 432 g/mol. The maximum absolute atomic E-state index is 12.8. The molecule has 2 aliphatic rings. The van der Waals surface area contributed by atoms with Crippen molar-refractivity contribution in [2.24, 2.45) is 0 Å². The van der Waals surface area contributed by atoms with Crippen LogP contribution < -0.4 is 0 Å². The first-order valence-electron chi connectivity index (χ1n) is 9.54. The topological polar surface area (TPSA) is 87.2 Å². The highest BCUT2D eigenvalue weighted by Gasteiger charge is 2.37. The van der Waals surface area contributed by atoms with Crippen LogP contribution >= 0.6 is 0 Å². The molecule has 0 aliphatic carbocycles. The smallest absolute Gasteiger partial charge is 0.218 e. The highest BCUT2D eigenvalue weighted by Crippen LogP contribution is 2.23. The highest BCUT2D eigenvalue weighted by atomic mass is 32.2. The van der Waals surface area contributed by atoms with Crippen LogP contribution in [0.1, 0.15) is 12.0 Å². The van der Waals surface area contributed by atoms with Crippen LogP contribution in [0.4, 0.5) is 0 Å². The second-order valence-electron chi connectivity index (χ2n) is 7.37. The number of sulfonamides is 2. The molecule has 10 heteroatoms. The van der Waals surface area contributed by atoms with E-state index in [1.165, 1.54) is 14.9 Å². The molecule has 1 atom stereocenters. The normalized spacial score (nSPS) is 22.7. The Hall–Kier alpha value is -1.04. The third-order valence-corrected chi connectivity index (χ3v) is 8.43. The predicted molar refractivity (Wildman–Crippen MR) is 108 cm³/mol.